The molecule has 1 atom stereocenters. The van der Waals surface area contributed by atoms with Gasteiger partial charge in [-0.2, -0.15) is 0 Å². The van der Waals surface area contributed by atoms with Gasteiger partial charge in [0.05, 0.1) is 67.4 Å². The predicted octanol–water partition coefficient (Wildman–Crippen LogP) is 10.3. The molecule has 0 aliphatic heterocycles. The van der Waals surface area contributed by atoms with Crippen molar-refractivity contribution in [2.75, 3.05) is 24.9 Å². The third-order valence-corrected chi connectivity index (χ3v) is 14.9. The number of aromatic nitrogens is 2. The van der Waals surface area contributed by atoms with E-state index in [4.69, 9.17) is 32.7 Å². The summed E-state index contributed by atoms with van der Waals surface area (Å²) in [5.41, 5.74) is 0.999. The number of nitrogens with one attached hydrogen (secondary N) is 2. The molecule has 2 heterocycles. The number of hydrogen-bond acceptors (Lipinski definition) is 10. The Kier molecular flexibility index (Phi) is 12.0. The van der Waals surface area contributed by atoms with Crippen LogP contribution in [0.3, 0.4) is 0 Å². The lowest BCUT2D eigenvalue weighted by molar-refractivity contribution is -0.119. The molecule has 2 amide bonds. The van der Waals surface area contributed by atoms with Crippen molar-refractivity contribution >= 4 is 90.5 Å². The zero-order valence-corrected chi connectivity index (χ0v) is 34.3. The molecule has 282 valence electrons. The molecule has 0 saturated heterocycles. The van der Waals surface area contributed by atoms with E-state index in [2.05, 4.69) is 20.6 Å². The van der Waals surface area contributed by atoms with Crippen molar-refractivity contribution in [3.63, 3.8) is 0 Å². The number of ether oxygens (including phenoxy) is 2. The number of amides is 2. The minimum Gasteiger partial charge on any atom is -0.497 e. The summed E-state index contributed by atoms with van der Waals surface area (Å²) in [5.74, 6) is 1.45. The molecule has 4 aromatic carbocycles. The summed E-state index contributed by atoms with van der Waals surface area (Å²) in [6.45, 7) is 0. The summed E-state index contributed by atoms with van der Waals surface area (Å²) >= 11 is 16.5. The van der Waals surface area contributed by atoms with Gasteiger partial charge in [-0.05, 0) is 85.3 Å². The molecule has 55 heavy (non-hydrogen) atoms. The van der Waals surface area contributed by atoms with E-state index >= 15 is 0 Å². The van der Waals surface area contributed by atoms with Crippen molar-refractivity contribution in [2.45, 2.75) is 54.7 Å². The van der Waals surface area contributed by atoms with Gasteiger partial charge in [0.2, 0.25) is 11.8 Å². The molecule has 0 radical (unpaired) electrons. The molecule has 8 rings (SSSR count). The van der Waals surface area contributed by atoms with Gasteiger partial charge in [0.15, 0.2) is 10.3 Å². The molecule has 6 aromatic rings. The van der Waals surface area contributed by atoms with Crippen LogP contribution >= 0.6 is 57.6 Å². The molecule has 2 fully saturated rings. The number of thiazole rings is 2. The summed E-state index contributed by atoms with van der Waals surface area (Å²) in [6, 6.07) is 29.9. The minimum absolute atomic E-state index is 0.00342. The van der Waals surface area contributed by atoms with Gasteiger partial charge in [0, 0.05) is 4.90 Å². The van der Waals surface area contributed by atoms with Gasteiger partial charge >= 0.3 is 0 Å². The molecule has 15 heteroatoms. The van der Waals surface area contributed by atoms with Crippen LogP contribution in [0.1, 0.15) is 36.8 Å². The minimum atomic E-state index is -1.44. The largest absolute Gasteiger partial charge is 0.497 e. The Morgan fingerprint density at radius 2 is 1.18 bits per heavy atom. The van der Waals surface area contributed by atoms with Gasteiger partial charge in [-0.3, -0.25) is 9.59 Å². The van der Waals surface area contributed by atoms with E-state index in [9.17, 15) is 13.8 Å². The fourth-order valence-corrected chi connectivity index (χ4v) is 10.5. The van der Waals surface area contributed by atoms with Crippen molar-refractivity contribution in [1.29, 1.82) is 0 Å². The molecular formula is C40H34Cl2N4O5S4. The molecule has 1 unspecified atom stereocenters. The fraction of sp³-hybridized carbons (Fsp3) is 0.200. The first-order valence-electron chi connectivity index (χ1n) is 17.1. The van der Waals surface area contributed by atoms with Crippen LogP contribution in [0.15, 0.2) is 128 Å². The topological polar surface area (TPSA) is 120 Å². The number of carbonyl (C=O) groups excluding carboxylic acids is 2. The second kappa shape index (κ2) is 16.9. The third-order valence-electron chi connectivity index (χ3n) is 9.33. The van der Waals surface area contributed by atoms with Gasteiger partial charge in [-0.25, -0.2) is 14.2 Å². The standard InChI is InChI=1S/C20H17ClN2O3S2.C20H17ClN2O2S2/c1-26-14-8-6-13(7-9-14)20(10-11-20)18(24)23-19-22-12-17(27-19)28(25)16-5-3-2-4-15(16)21;1-25-14-8-6-13(7-9-14)20(10-11-20)18(24)23-19-22-12-17(27-19)26-16-5-3-2-4-15(16)21/h2-9,12H,10-11H2,1H3,(H,22,23,24);2-9,12H,10-11H2,1H3,(H,22,23,24). The Balaban J connectivity index is 0.000000169. The van der Waals surface area contributed by atoms with E-state index in [0.717, 1.165) is 57.4 Å². The van der Waals surface area contributed by atoms with Crippen LogP contribution in [0.25, 0.3) is 0 Å². The quantitative estimate of drug-likeness (QED) is 0.125. The van der Waals surface area contributed by atoms with Crippen molar-refractivity contribution in [3.8, 4) is 11.5 Å². The fourth-order valence-electron chi connectivity index (χ4n) is 5.90. The second-order valence-corrected chi connectivity index (χ2v) is 18.6. The number of hydrogen-bond donors (Lipinski definition) is 2. The summed E-state index contributed by atoms with van der Waals surface area (Å²) < 4.78 is 24.6. The lowest BCUT2D eigenvalue weighted by Gasteiger charge is -2.15. The Hall–Kier alpha value is -4.24. The number of carbonyl (C=O) groups is 2. The third kappa shape index (κ3) is 8.77. The average Bonchev–Trinajstić information content (AvgIpc) is 4.11. The van der Waals surface area contributed by atoms with Gasteiger partial charge in [0.1, 0.15) is 15.7 Å². The van der Waals surface area contributed by atoms with Crippen LogP contribution in [0.2, 0.25) is 10.0 Å². The number of rotatable bonds is 12. The molecule has 0 spiro atoms. The lowest BCUT2D eigenvalue weighted by Crippen LogP contribution is -2.27. The first-order valence-corrected chi connectivity index (χ1v) is 21.4. The Labute approximate surface area is 343 Å². The van der Waals surface area contributed by atoms with Crippen LogP contribution < -0.4 is 20.1 Å². The molecule has 2 aliphatic carbocycles. The summed E-state index contributed by atoms with van der Waals surface area (Å²) in [7, 11) is 1.81. The van der Waals surface area contributed by atoms with Gasteiger partial charge in [-0.1, -0.05) is 106 Å². The highest BCUT2D eigenvalue weighted by atomic mass is 35.5. The van der Waals surface area contributed by atoms with Gasteiger partial charge in [-0.15, -0.1) is 0 Å². The molecule has 2 aromatic heterocycles. The molecule has 2 N–H and O–H groups in total. The molecule has 2 saturated carbocycles. The SMILES string of the molecule is COc1ccc(C2(C(=O)Nc3ncc(S(=O)c4ccccc4Cl)s3)CC2)cc1.COc1ccc(C2(C(=O)Nc3ncc(Sc4ccccc4Cl)s3)CC2)cc1. The highest BCUT2D eigenvalue weighted by molar-refractivity contribution is 8.01. The lowest BCUT2D eigenvalue weighted by atomic mass is 9.95. The van der Waals surface area contributed by atoms with Crippen LogP contribution in [0, 0.1) is 0 Å². The van der Waals surface area contributed by atoms with Crippen LogP contribution in [-0.4, -0.2) is 40.2 Å². The van der Waals surface area contributed by atoms with Crippen LogP contribution in [-0.2, 0) is 31.2 Å². The Bertz CT molecular complexity index is 2340. The summed E-state index contributed by atoms with van der Waals surface area (Å²) in [6.07, 6.45) is 6.55. The Morgan fingerprint density at radius 1 is 0.691 bits per heavy atom. The maximum atomic E-state index is 12.9. The molecule has 0 bridgehead atoms. The highest BCUT2D eigenvalue weighted by Crippen LogP contribution is 2.50. The van der Waals surface area contributed by atoms with Crippen LogP contribution in [0.4, 0.5) is 10.3 Å². The first kappa shape index (κ1) is 39.0. The number of halogens is 2. The van der Waals surface area contributed by atoms with Crippen molar-refractivity contribution < 1.29 is 23.3 Å². The number of nitrogens with zero attached hydrogens (tertiary/aromatic N) is 2. The van der Waals surface area contributed by atoms with E-state index in [1.165, 1.54) is 28.9 Å². The van der Waals surface area contributed by atoms with E-state index in [1.54, 1.807) is 56.4 Å². The van der Waals surface area contributed by atoms with Gasteiger partial charge < -0.3 is 20.1 Å². The summed E-state index contributed by atoms with van der Waals surface area (Å²) in [5, 5.41) is 8.05. The van der Waals surface area contributed by atoms with Crippen molar-refractivity contribution in [2.24, 2.45) is 0 Å². The number of benzene rings is 4. The number of methoxy groups -OCH3 is 2. The van der Waals surface area contributed by atoms with E-state index in [1.807, 2.05) is 72.8 Å². The first-order chi connectivity index (χ1) is 26.6. The van der Waals surface area contributed by atoms with Crippen molar-refractivity contribution in [3.05, 3.63) is 131 Å². The highest BCUT2D eigenvalue weighted by Gasteiger charge is 2.52. The van der Waals surface area contributed by atoms with Crippen LogP contribution in [0.5, 0.6) is 11.5 Å². The van der Waals surface area contributed by atoms with E-state index in [-0.39, 0.29) is 11.8 Å². The monoisotopic (exact) mass is 848 g/mol. The average molecular weight is 850 g/mol. The summed E-state index contributed by atoms with van der Waals surface area (Å²) in [4.78, 5) is 35.8. The second-order valence-electron chi connectivity index (χ2n) is 12.7. The van der Waals surface area contributed by atoms with E-state index in [0.29, 0.717) is 29.4 Å². The zero-order chi connectivity index (χ0) is 38.6. The number of anilines is 2. The smallest absolute Gasteiger partial charge is 0.236 e. The maximum Gasteiger partial charge on any atom is 0.236 e. The zero-order valence-electron chi connectivity index (χ0n) is 29.5. The maximum absolute atomic E-state index is 12.9. The molecule has 9 nitrogen and oxygen atoms in total. The molecule has 2 aliphatic rings. The van der Waals surface area contributed by atoms with Gasteiger partial charge in [0.25, 0.3) is 0 Å². The van der Waals surface area contributed by atoms with Crippen molar-refractivity contribution in [1.82, 2.24) is 9.97 Å². The molecular weight excluding hydrogens is 816 g/mol. The predicted molar refractivity (Wildman–Crippen MR) is 221 cm³/mol. The Morgan fingerprint density at radius 3 is 1.69 bits per heavy atom. The normalized spacial score (nSPS) is 15.1. The van der Waals surface area contributed by atoms with E-state index < -0.39 is 21.6 Å².